The minimum absolute atomic E-state index is 0.770. The maximum Gasteiger partial charge on any atom is 0.177 e. The largest absolute Gasteiger partial charge is 0.461 e. The van der Waals surface area contributed by atoms with E-state index in [1.165, 1.54) is 0 Å². The second-order valence-electron chi connectivity index (χ2n) is 5.40. The molecule has 0 saturated heterocycles. The molecule has 2 aromatic carbocycles. The van der Waals surface area contributed by atoms with Crippen LogP contribution in [0.5, 0.6) is 0 Å². The summed E-state index contributed by atoms with van der Waals surface area (Å²) in [6, 6.07) is 24.4. The second-order valence-corrected chi connectivity index (χ2v) is 5.40. The van der Waals surface area contributed by atoms with Gasteiger partial charge in [0.1, 0.15) is 0 Å². The Balaban J connectivity index is 1.99. The summed E-state index contributed by atoms with van der Waals surface area (Å²) >= 11 is 0. The maximum atomic E-state index is 5.56. The Morgan fingerprint density at radius 1 is 0.783 bits per heavy atom. The van der Waals surface area contributed by atoms with Gasteiger partial charge < -0.3 is 8.98 Å². The topological polar surface area (TPSA) is 31.0 Å². The van der Waals surface area contributed by atoms with Crippen molar-refractivity contribution >= 4 is 0 Å². The first-order valence-corrected chi connectivity index (χ1v) is 7.56. The van der Waals surface area contributed by atoms with Crippen LogP contribution in [-0.2, 0) is 7.05 Å². The summed E-state index contributed by atoms with van der Waals surface area (Å²) < 4.78 is 7.65. The van der Waals surface area contributed by atoms with Crippen molar-refractivity contribution in [3.05, 3.63) is 79.1 Å². The molecule has 0 aliphatic heterocycles. The van der Waals surface area contributed by atoms with Gasteiger partial charge in [0.2, 0.25) is 0 Å². The maximum absolute atomic E-state index is 5.56. The fraction of sp³-hybridized carbons (Fsp3) is 0.0500. The van der Waals surface area contributed by atoms with E-state index in [1.54, 1.807) is 6.26 Å². The number of benzene rings is 2. The molecule has 2 heterocycles. The number of furan rings is 1. The van der Waals surface area contributed by atoms with Crippen LogP contribution in [0, 0.1) is 0 Å². The zero-order chi connectivity index (χ0) is 15.6. The van der Waals surface area contributed by atoms with Gasteiger partial charge in [-0.15, -0.1) is 0 Å². The van der Waals surface area contributed by atoms with Gasteiger partial charge in [-0.25, -0.2) is 4.98 Å². The number of hydrogen-bond acceptors (Lipinski definition) is 2. The molecule has 3 heteroatoms. The van der Waals surface area contributed by atoms with Gasteiger partial charge in [-0.2, -0.15) is 0 Å². The highest BCUT2D eigenvalue weighted by Gasteiger charge is 2.19. The fourth-order valence-electron chi connectivity index (χ4n) is 2.85. The molecule has 4 rings (SSSR count). The lowest BCUT2D eigenvalue weighted by Gasteiger charge is -2.07. The Morgan fingerprint density at radius 3 is 2.04 bits per heavy atom. The van der Waals surface area contributed by atoms with Crippen molar-refractivity contribution in [2.75, 3.05) is 0 Å². The highest BCUT2D eigenvalue weighted by molar-refractivity contribution is 5.81. The third-order valence-corrected chi connectivity index (χ3v) is 3.93. The molecular formula is C20H16N2O. The molecule has 0 aliphatic rings. The van der Waals surface area contributed by atoms with Gasteiger partial charge >= 0.3 is 0 Å². The smallest absolute Gasteiger partial charge is 0.177 e. The van der Waals surface area contributed by atoms with Crippen LogP contribution in [0.25, 0.3) is 34.1 Å². The molecule has 2 aromatic heterocycles. The van der Waals surface area contributed by atoms with Crippen LogP contribution >= 0.6 is 0 Å². The van der Waals surface area contributed by atoms with Crippen molar-refractivity contribution in [2.45, 2.75) is 0 Å². The molecule has 0 atom stereocenters. The Bertz CT molecular complexity index is 907. The van der Waals surface area contributed by atoms with Crippen molar-refractivity contribution in [3.8, 4) is 34.1 Å². The first kappa shape index (κ1) is 13.6. The lowest BCUT2D eigenvalue weighted by molar-refractivity contribution is 0.574. The van der Waals surface area contributed by atoms with Gasteiger partial charge in [0.15, 0.2) is 11.6 Å². The highest BCUT2D eigenvalue weighted by atomic mass is 16.3. The van der Waals surface area contributed by atoms with Gasteiger partial charge in [0.25, 0.3) is 0 Å². The van der Waals surface area contributed by atoms with E-state index >= 15 is 0 Å². The first-order valence-electron chi connectivity index (χ1n) is 7.56. The Kier molecular flexibility index (Phi) is 3.31. The van der Waals surface area contributed by atoms with Gasteiger partial charge in [-0.1, -0.05) is 60.7 Å². The number of imidazole rings is 1. The number of rotatable bonds is 3. The summed E-state index contributed by atoms with van der Waals surface area (Å²) in [5, 5.41) is 0. The zero-order valence-electron chi connectivity index (χ0n) is 12.8. The van der Waals surface area contributed by atoms with Crippen LogP contribution in [0.4, 0.5) is 0 Å². The van der Waals surface area contributed by atoms with Crippen molar-refractivity contribution in [1.82, 2.24) is 9.55 Å². The lowest BCUT2D eigenvalue weighted by atomic mass is 10.1. The fourth-order valence-corrected chi connectivity index (χ4v) is 2.85. The van der Waals surface area contributed by atoms with Gasteiger partial charge in [0.05, 0.1) is 17.7 Å². The molecule has 0 spiro atoms. The van der Waals surface area contributed by atoms with E-state index in [1.807, 2.05) is 55.6 Å². The van der Waals surface area contributed by atoms with Gasteiger partial charge in [-0.3, -0.25) is 0 Å². The monoisotopic (exact) mass is 300 g/mol. The van der Waals surface area contributed by atoms with E-state index in [4.69, 9.17) is 9.40 Å². The molecule has 4 aromatic rings. The quantitative estimate of drug-likeness (QED) is 0.532. The Morgan fingerprint density at radius 2 is 1.43 bits per heavy atom. The molecule has 0 saturated carbocycles. The number of nitrogens with zero attached hydrogens (tertiary/aromatic N) is 2. The van der Waals surface area contributed by atoms with Crippen LogP contribution in [0.1, 0.15) is 0 Å². The predicted molar refractivity (Wildman–Crippen MR) is 91.8 cm³/mol. The minimum Gasteiger partial charge on any atom is -0.461 e. The molecule has 0 amide bonds. The Labute approximate surface area is 134 Å². The molecule has 23 heavy (non-hydrogen) atoms. The van der Waals surface area contributed by atoms with Crippen LogP contribution < -0.4 is 0 Å². The summed E-state index contributed by atoms with van der Waals surface area (Å²) in [7, 11) is 2.03. The molecule has 0 N–H and O–H groups in total. The van der Waals surface area contributed by atoms with E-state index in [0.717, 1.165) is 34.1 Å². The molecule has 0 fully saturated rings. The number of hydrogen-bond donors (Lipinski definition) is 0. The molecule has 3 nitrogen and oxygen atoms in total. The van der Waals surface area contributed by atoms with Crippen LogP contribution in [0.3, 0.4) is 0 Å². The Hall–Kier alpha value is -3.07. The molecule has 0 aliphatic carbocycles. The zero-order valence-corrected chi connectivity index (χ0v) is 12.8. The van der Waals surface area contributed by atoms with Gasteiger partial charge in [0, 0.05) is 18.2 Å². The van der Waals surface area contributed by atoms with E-state index in [9.17, 15) is 0 Å². The average Bonchev–Trinajstić information content (AvgIpc) is 3.24. The first-order chi connectivity index (χ1) is 11.3. The van der Waals surface area contributed by atoms with E-state index < -0.39 is 0 Å². The second kappa shape index (κ2) is 5.61. The molecular weight excluding hydrogens is 284 g/mol. The van der Waals surface area contributed by atoms with Crippen LogP contribution in [-0.4, -0.2) is 9.55 Å². The lowest BCUT2D eigenvalue weighted by Crippen LogP contribution is -1.95. The number of aromatic nitrogens is 2. The van der Waals surface area contributed by atoms with Crippen molar-refractivity contribution in [3.63, 3.8) is 0 Å². The third-order valence-electron chi connectivity index (χ3n) is 3.93. The molecule has 112 valence electrons. The standard InChI is InChI=1S/C20H16N2O/c1-22-19(16-11-6-3-7-12-16)18(15-9-4-2-5-10-15)21-20(22)17-13-8-14-23-17/h2-14H,1H3. The van der Waals surface area contributed by atoms with Crippen molar-refractivity contribution in [1.29, 1.82) is 0 Å². The summed E-state index contributed by atoms with van der Waals surface area (Å²) in [4.78, 5) is 4.87. The van der Waals surface area contributed by atoms with Crippen molar-refractivity contribution in [2.24, 2.45) is 7.05 Å². The highest BCUT2D eigenvalue weighted by Crippen LogP contribution is 2.35. The minimum atomic E-state index is 0.770. The van der Waals surface area contributed by atoms with E-state index in [0.29, 0.717) is 0 Å². The summed E-state index contributed by atoms with van der Waals surface area (Å²) in [5.41, 5.74) is 4.29. The SMILES string of the molecule is Cn1c(-c2ccco2)nc(-c2ccccc2)c1-c1ccccc1. The molecule has 0 bridgehead atoms. The molecule has 0 unspecified atom stereocenters. The molecule has 0 radical (unpaired) electrons. The predicted octanol–water partition coefficient (Wildman–Crippen LogP) is 5.01. The average molecular weight is 300 g/mol. The summed E-state index contributed by atoms with van der Waals surface area (Å²) in [6.07, 6.45) is 1.67. The third kappa shape index (κ3) is 2.36. The van der Waals surface area contributed by atoms with Crippen LogP contribution in [0.2, 0.25) is 0 Å². The summed E-state index contributed by atoms with van der Waals surface area (Å²) in [5.74, 6) is 1.60. The van der Waals surface area contributed by atoms with Crippen LogP contribution in [0.15, 0.2) is 83.5 Å². The van der Waals surface area contributed by atoms with Gasteiger partial charge in [-0.05, 0) is 12.1 Å². The normalized spacial score (nSPS) is 10.8. The van der Waals surface area contributed by atoms with E-state index in [-0.39, 0.29) is 0 Å². The van der Waals surface area contributed by atoms with Crippen molar-refractivity contribution < 1.29 is 4.42 Å². The van der Waals surface area contributed by atoms with E-state index in [2.05, 4.69) is 28.8 Å². The summed E-state index contributed by atoms with van der Waals surface area (Å²) in [6.45, 7) is 0.